The minimum atomic E-state index is -0.963. The fourth-order valence-electron chi connectivity index (χ4n) is 4.16. The molecule has 7 heteroatoms. The molecule has 0 unspecified atom stereocenters. The molecule has 166 valence electrons. The van der Waals surface area contributed by atoms with Crippen LogP contribution in [0.5, 0.6) is 0 Å². The molecule has 0 aliphatic carbocycles. The fraction of sp³-hybridized carbons (Fsp3) is 0.696. The largest absolute Gasteiger partial charge is 0.480 e. The molecule has 1 saturated heterocycles. The molecule has 0 radical (unpaired) electrons. The van der Waals surface area contributed by atoms with Gasteiger partial charge < -0.3 is 20.6 Å². The summed E-state index contributed by atoms with van der Waals surface area (Å²) in [6, 6.07) is 3.54. The molecule has 2 aliphatic rings. The van der Waals surface area contributed by atoms with Crippen molar-refractivity contribution in [1.82, 2.24) is 15.2 Å². The number of aromatic nitrogens is 1. The number of nitrogens with one attached hydrogen (secondary N) is 2. The molecule has 3 heterocycles. The van der Waals surface area contributed by atoms with E-state index in [4.69, 9.17) is 4.98 Å². The van der Waals surface area contributed by atoms with Gasteiger partial charge in [0.2, 0.25) is 5.91 Å². The van der Waals surface area contributed by atoms with Crippen LogP contribution in [0.2, 0.25) is 0 Å². The van der Waals surface area contributed by atoms with Gasteiger partial charge in [0.05, 0.1) is 0 Å². The van der Waals surface area contributed by atoms with Crippen molar-refractivity contribution in [3.05, 3.63) is 23.4 Å². The third kappa shape index (κ3) is 6.17. The molecule has 3 rings (SSSR count). The van der Waals surface area contributed by atoms with E-state index < -0.39 is 17.4 Å². The Kier molecular flexibility index (Phi) is 7.34. The Morgan fingerprint density at radius 3 is 2.90 bits per heavy atom. The lowest BCUT2D eigenvalue weighted by Crippen LogP contribution is -2.47. The number of anilines is 1. The van der Waals surface area contributed by atoms with Gasteiger partial charge >= 0.3 is 5.97 Å². The number of aliphatic carboxylic acids is 1. The van der Waals surface area contributed by atoms with Gasteiger partial charge in [-0.2, -0.15) is 0 Å². The molecule has 0 aromatic carbocycles. The van der Waals surface area contributed by atoms with Crippen LogP contribution in [-0.4, -0.2) is 59.1 Å². The second-order valence-electron chi connectivity index (χ2n) is 9.74. The van der Waals surface area contributed by atoms with Crippen molar-refractivity contribution in [1.29, 1.82) is 0 Å². The zero-order valence-electron chi connectivity index (χ0n) is 18.5. The number of carboxylic acids is 1. The van der Waals surface area contributed by atoms with E-state index in [1.165, 1.54) is 12.0 Å². The number of fused-ring (bicyclic) bond motifs is 1. The van der Waals surface area contributed by atoms with Crippen LogP contribution in [0, 0.1) is 11.3 Å². The molecule has 1 fully saturated rings. The lowest BCUT2D eigenvalue weighted by Gasteiger charge is -2.24. The number of carbonyl (C=O) groups is 2. The van der Waals surface area contributed by atoms with Gasteiger partial charge in [-0.25, -0.2) is 9.78 Å². The Bertz CT molecular complexity index is 759. The lowest BCUT2D eigenvalue weighted by atomic mass is 9.95. The Labute approximate surface area is 179 Å². The number of carbonyl (C=O) groups excluding carboxylic acids is 1. The van der Waals surface area contributed by atoms with Gasteiger partial charge in [-0.1, -0.05) is 26.8 Å². The van der Waals surface area contributed by atoms with Crippen LogP contribution in [0.1, 0.15) is 57.7 Å². The monoisotopic (exact) mass is 416 g/mol. The predicted octanol–water partition coefficient (Wildman–Crippen LogP) is 2.70. The number of likely N-dealkylation sites (tertiary alicyclic amines) is 1. The Morgan fingerprint density at radius 1 is 1.37 bits per heavy atom. The van der Waals surface area contributed by atoms with Crippen molar-refractivity contribution in [3.63, 3.8) is 0 Å². The molecule has 2 aliphatic heterocycles. The zero-order valence-corrected chi connectivity index (χ0v) is 18.5. The summed E-state index contributed by atoms with van der Waals surface area (Å²) in [5.74, 6) is 0.490. The van der Waals surface area contributed by atoms with E-state index in [9.17, 15) is 14.7 Å². The molecule has 0 saturated carbocycles. The van der Waals surface area contributed by atoms with E-state index in [0.29, 0.717) is 18.9 Å². The molecule has 1 amide bonds. The Morgan fingerprint density at radius 2 is 2.17 bits per heavy atom. The average molecular weight is 417 g/mol. The predicted molar refractivity (Wildman–Crippen MR) is 118 cm³/mol. The van der Waals surface area contributed by atoms with E-state index >= 15 is 0 Å². The van der Waals surface area contributed by atoms with Crippen LogP contribution in [0.4, 0.5) is 5.82 Å². The minimum absolute atomic E-state index is 0.221. The van der Waals surface area contributed by atoms with E-state index in [1.807, 2.05) is 0 Å². The number of aryl methyl sites for hydroxylation is 2. The molecule has 0 bridgehead atoms. The van der Waals surface area contributed by atoms with Gasteiger partial charge in [0, 0.05) is 30.7 Å². The number of pyridine rings is 1. The van der Waals surface area contributed by atoms with Crippen molar-refractivity contribution in [2.75, 3.05) is 31.5 Å². The van der Waals surface area contributed by atoms with E-state index in [1.54, 1.807) is 20.8 Å². The molecule has 2 atom stereocenters. The van der Waals surface area contributed by atoms with E-state index in [2.05, 4.69) is 27.7 Å². The highest BCUT2D eigenvalue weighted by molar-refractivity contribution is 5.86. The van der Waals surface area contributed by atoms with Crippen molar-refractivity contribution >= 4 is 17.7 Å². The Hall–Kier alpha value is -2.15. The Balaban J connectivity index is 1.42. The maximum atomic E-state index is 12.1. The molecule has 1 aromatic rings. The molecular formula is C23H36N4O3. The molecule has 3 N–H and O–H groups in total. The maximum Gasteiger partial charge on any atom is 0.326 e. The van der Waals surface area contributed by atoms with Gasteiger partial charge in [0.15, 0.2) is 0 Å². The molecule has 0 spiro atoms. The van der Waals surface area contributed by atoms with E-state index in [-0.39, 0.29) is 5.91 Å². The summed E-state index contributed by atoms with van der Waals surface area (Å²) in [7, 11) is 0. The number of carboxylic acid groups (broad SMARTS) is 1. The summed E-state index contributed by atoms with van der Waals surface area (Å²) in [6.07, 6.45) is 5.94. The number of nitrogens with zero attached hydrogens (tertiary/aromatic N) is 2. The first-order valence-corrected chi connectivity index (χ1v) is 11.2. The normalized spacial score (nSPS) is 20.3. The van der Waals surface area contributed by atoms with Crippen molar-refractivity contribution < 1.29 is 14.7 Å². The van der Waals surface area contributed by atoms with Gasteiger partial charge in [-0.3, -0.25) is 4.79 Å². The molecular weight excluding hydrogens is 380 g/mol. The third-order valence-corrected chi connectivity index (χ3v) is 6.15. The summed E-state index contributed by atoms with van der Waals surface area (Å²) >= 11 is 0. The fourth-order valence-corrected chi connectivity index (χ4v) is 4.16. The van der Waals surface area contributed by atoms with Crippen LogP contribution < -0.4 is 10.6 Å². The first-order chi connectivity index (χ1) is 14.2. The first-order valence-electron chi connectivity index (χ1n) is 11.2. The van der Waals surface area contributed by atoms with Gasteiger partial charge in [0.1, 0.15) is 11.9 Å². The van der Waals surface area contributed by atoms with Crippen molar-refractivity contribution in [2.24, 2.45) is 11.3 Å². The minimum Gasteiger partial charge on any atom is -0.480 e. The van der Waals surface area contributed by atoms with Crippen LogP contribution in [0.25, 0.3) is 0 Å². The number of rotatable bonds is 8. The number of hydrogen-bond donors (Lipinski definition) is 3. The molecule has 1 aromatic heterocycles. The second kappa shape index (κ2) is 9.77. The third-order valence-electron chi connectivity index (χ3n) is 6.15. The number of hydrogen-bond acceptors (Lipinski definition) is 5. The van der Waals surface area contributed by atoms with Crippen LogP contribution >= 0.6 is 0 Å². The maximum absolute atomic E-state index is 12.1. The second-order valence-corrected chi connectivity index (χ2v) is 9.74. The zero-order chi connectivity index (χ0) is 21.7. The van der Waals surface area contributed by atoms with Crippen LogP contribution in [0.3, 0.4) is 0 Å². The van der Waals surface area contributed by atoms with Crippen molar-refractivity contribution in [2.45, 2.75) is 65.3 Å². The molecule has 7 nitrogen and oxygen atoms in total. The van der Waals surface area contributed by atoms with Gasteiger partial charge in [0.25, 0.3) is 0 Å². The van der Waals surface area contributed by atoms with Gasteiger partial charge in [-0.05, 0) is 62.6 Å². The van der Waals surface area contributed by atoms with Gasteiger partial charge in [-0.15, -0.1) is 0 Å². The summed E-state index contributed by atoms with van der Waals surface area (Å²) in [6.45, 7) is 9.05. The SMILES string of the molecule is CC(C)(C)C(=O)N[C@H](CCN1CC[C@H](CCc2ccc3c(n2)NCCC3)C1)C(=O)O. The highest BCUT2D eigenvalue weighted by atomic mass is 16.4. The number of amides is 1. The molecule has 30 heavy (non-hydrogen) atoms. The lowest BCUT2D eigenvalue weighted by molar-refractivity contribution is -0.143. The summed E-state index contributed by atoms with van der Waals surface area (Å²) in [5.41, 5.74) is 1.88. The van der Waals surface area contributed by atoms with E-state index in [0.717, 1.165) is 56.8 Å². The van der Waals surface area contributed by atoms with Crippen molar-refractivity contribution in [3.8, 4) is 0 Å². The topological polar surface area (TPSA) is 94.6 Å². The highest BCUT2D eigenvalue weighted by Crippen LogP contribution is 2.24. The standard InChI is InChI=1S/C23H36N4O3/c1-23(2,3)22(30)26-19(21(28)29)11-14-27-13-10-16(15-27)6-8-18-9-7-17-5-4-12-24-20(17)25-18/h7,9,16,19H,4-6,8,10-15H2,1-3H3,(H,24,25)(H,26,30)(H,28,29)/t16-,19+/m0/s1. The van der Waals surface area contributed by atoms with Crippen LogP contribution in [-0.2, 0) is 22.4 Å². The highest BCUT2D eigenvalue weighted by Gasteiger charge is 2.29. The average Bonchev–Trinajstić information content (AvgIpc) is 3.16. The first kappa shape index (κ1) is 22.5. The summed E-state index contributed by atoms with van der Waals surface area (Å²) in [5, 5.41) is 15.5. The summed E-state index contributed by atoms with van der Waals surface area (Å²) in [4.78, 5) is 30.8. The quantitative estimate of drug-likeness (QED) is 0.603. The smallest absolute Gasteiger partial charge is 0.326 e. The van der Waals surface area contributed by atoms with Crippen LogP contribution in [0.15, 0.2) is 12.1 Å². The summed E-state index contributed by atoms with van der Waals surface area (Å²) < 4.78 is 0.